The average Bonchev–Trinajstić information content (AvgIpc) is 2.48. The molecular weight excluding hydrogens is 234 g/mol. The average molecular weight is 261 g/mol. The van der Waals surface area contributed by atoms with Crippen molar-refractivity contribution >= 4 is 6.29 Å². The number of aldehydes is 1. The summed E-state index contributed by atoms with van der Waals surface area (Å²) < 4.78 is 2.40. The Balaban J connectivity index is 2.41. The summed E-state index contributed by atoms with van der Waals surface area (Å²) in [5.41, 5.74) is 3.94. The van der Waals surface area contributed by atoms with Gasteiger partial charge in [-0.15, -0.1) is 0 Å². The topological polar surface area (TPSA) is 22.0 Å². The van der Waals surface area contributed by atoms with Crippen LogP contribution in [0, 0.1) is 24.7 Å². The second-order valence-electron chi connectivity index (χ2n) is 7.88. The Morgan fingerprint density at radius 2 is 1.68 bits per heavy atom. The Morgan fingerprint density at radius 3 is 2.11 bits per heavy atom. The van der Waals surface area contributed by atoms with Crippen LogP contribution >= 0.6 is 0 Å². The smallest absolute Gasteiger partial charge is 0.151 e. The quantitative estimate of drug-likeness (QED) is 0.708. The first-order valence-corrected chi connectivity index (χ1v) is 7.29. The van der Waals surface area contributed by atoms with Gasteiger partial charge in [-0.2, -0.15) is 0 Å². The lowest BCUT2D eigenvalue weighted by Crippen LogP contribution is -2.35. The monoisotopic (exact) mass is 261 g/mol. The van der Waals surface area contributed by atoms with E-state index in [1.807, 2.05) is 6.07 Å². The van der Waals surface area contributed by atoms with Crippen molar-refractivity contribution in [1.82, 2.24) is 4.57 Å². The van der Waals surface area contributed by atoms with Gasteiger partial charge in [-0.3, -0.25) is 4.79 Å². The molecule has 0 aromatic carbocycles. The number of nitrogens with zero attached hydrogens (tertiary/aromatic N) is 1. The van der Waals surface area contributed by atoms with Crippen LogP contribution in [0.2, 0.25) is 0 Å². The fourth-order valence-electron chi connectivity index (χ4n) is 4.45. The van der Waals surface area contributed by atoms with Crippen LogP contribution in [0.15, 0.2) is 6.07 Å². The first kappa shape index (κ1) is 14.4. The van der Waals surface area contributed by atoms with Gasteiger partial charge >= 0.3 is 0 Å². The molecule has 1 saturated carbocycles. The molecule has 0 atom stereocenters. The Morgan fingerprint density at radius 1 is 1.16 bits per heavy atom. The highest BCUT2D eigenvalue weighted by Crippen LogP contribution is 2.50. The summed E-state index contributed by atoms with van der Waals surface area (Å²) in [5, 5.41) is 0. The van der Waals surface area contributed by atoms with Gasteiger partial charge in [0.15, 0.2) is 6.29 Å². The molecule has 0 unspecified atom stereocenters. The zero-order chi connectivity index (χ0) is 14.4. The predicted octanol–water partition coefficient (Wildman–Crippen LogP) is 4.69. The molecule has 1 fully saturated rings. The van der Waals surface area contributed by atoms with E-state index in [0.717, 1.165) is 17.5 Å². The lowest BCUT2D eigenvalue weighted by atomic mass is 9.63. The summed E-state index contributed by atoms with van der Waals surface area (Å²) in [6, 6.07) is 2.55. The van der Waals surface area contributed by atoms with Gasteiger partial charge in [0, 0.05) is 23.0 Å². The van der Waals surface area contributed by atoms with Crippen LogP contribution < -0.4 is 0 Å². The molecule has 0 N–H and O–H groups in total. The standard InChI is InChI=1S/C17H27NO/c1-12-7-14(10-19)13(2)18(12)15-8-16(3,4)11-17(5,6)9-15/h7,10,15H,8-9,11H2,1-6H3. The van der Waals surface area contributed by atoms with Crippen molar-refractivity contribution < 1.29 is 4.79 Å². The Bertz CT molecular complexity index is 478. The maximum absolute atomic E-state index is 11.1. The van der Waals surface area contributed by atoms with E-state index in [-0.39, 0.29) is 0 Å². The van der Waals surface area contributed by atoms with Crippen LogP contribution in [0.3, 0.4) is 0 Å². The van der Waals surface area contributed by atoms with E-state index in [0.29, 0.717) is 16.9 Å². The lowest BCUT2D eigenvalue weighted by molar-refractivity contribution is 0.0710. The first-order valence-electron chi connectivity index (χ1n) is 7.29. The van der Waals surface area contributed by atoms with Crippen molar-refractivity contribution in [3.63, 3.8) is 0 Å². The first-order chi connectivity index (χ1) is 8.65. The molecule has 0 aliphatic heterocycles. The number of rotatable bonds is 2. The molecule has 0 bridgehead atoms. The summed E-state index contributed by atoms with van der Waals surface area (Å²) in [7, 11) is 0. The number of carbonyl (C=O) groups is 1. The van der Waals surface area contributed by atoms with Gasteiger partial charge in [0.05, 0.1) is 0 Å². The van der Waals surface area contributed by atoms with Crippen molar-refractivity contribution in [3.05, 3.63) is 23.0 Å². The molecule has 1 aliphatic carbocycles. The van der Waals surface area contributed by atoms with Gasteiger partial charge in [-0.1, -0.05) is 27.7 Å². The summed E-state index contributed by atoms with van der Waals surface area (Å²) in [4.78, 5) is 11.1. The maximum Gasteiger partial charge on any atom is 0.151 e. The van der Waals surface area contributed by atoms with Crippen LogP contribution in [-0.2, 0) is 0 Å². The summed E-state index contributed by atoms with van der Waals surface area (Å²) in [5.74, 6) is 0. The van der Waals surface area contributed by atoms with Crippen molar-refractivity contribution in [1.29, 1.82) is 0 Å². The lowest BCUT2D eigenvalue weighted by Gasteiger charge is -2.46. The number of hydrogen-bond acceptors (Lipinski definition) is 1. The largest absolute Gasteiger partial charge is 0.345 e. The minimum Gasteiger partial charge on any atom is -0.345 e. The third-order valence-corrected chi connectivity index (χ3v) is 4.55. The molecule has 2 heteroatoms. The molecule has 2 rings (SSSR count). The SMILES string of the molecule is Cc1cc(C=O)c(C)n1C1CC(C)(C)CC(C)(C)C1. The molecule has 0 amide bonds. The van der Waals surface area contributed by atoms with E-state index >= 15 is 0 Å². The van der Waals surface area contributed by atoms with Gasteiger partial charge in [-0.05, 0) is 50.0 Å². The third-order valence-electron chi connectivity index (χ3n) is 4.55. The molecule has 106 valence electrons. The zero-order valence-corrected chi connectivity index (χ0v) is 13.2. The highest BCUT2D eigenvalue weighted by molar-refractivity contribution is 5.77. The number of aryl methyl sites for hydroxylation is 1. The predicted molar refractivity (Wildman–Crippen MR) is 79.7 cm³/mol. The fraction of sp³-hybridized carbons (Fsp3) is 0.706. The molecule has 0 spiro atoms. The molecule has 2 nitrogen and oxygen atoms in total. The summed E-state index contributed by atoms with van der Waals surface area (Å²) >= 11 is 0. The fourth-order valence-corrected chi connectivity index (χ4v) is 4.45. The molecule has 1 aliphatic rings. The second-order valence-corrected chi connectivity index (χ2v) is 7.88. The molecular formula is C17H27NO. The molecule has 0 saturated heterocycles. The third kappa shape index (κ3) is 2.77. The van der Waals surface area contributed by atoms with Crippen molar-refractivity contribution in [2.24, 2.45) is 10.8 Å². The van der Waals surface area contributed by atoms with Crippen LogP contribution in [0.5, 0.6) is 0 Å². The zero-order valence-electron chi connectivity index (χ0n) is 13.2. The van der Waals surface area contributed by atoms with E-state index in [1.165, 1.54) is 25.0 Å². The van der Waals surface area contributed by atoms with E-state index in [9.17, 15) is 4.79 Å². The van der Waals surface area contributed by atoms with Gasteiger partial charge in [0.2, 0.25) is 0 Å². The molecule has 1 aromatic heterocycles. The Labute approximate surface area is 117 Å². The minimum absolute atomic E-state index is 0.372. The summed E-state index contributed by atoms with van der Waals surface area (Å²) in [6.45, 7) is 13.7. The Kier molecular flexibility index (Phi) is 3.40. The second kappa shape index (κ2) is 4.50. The van der Waals surface area contributed by atoms with Crippen molar-refractivity contribution in [2.45, 2.75) is 66.8 Å². The molecule has 19 heavy (non-hydrogen) atoms. The van der Waals surface area contributed by atoms with Gasteiger partial charge in [0.1, 0.15) is 0 Å². The molecule has 1 heterocycles. The highest BCUT2D eigenvalue weighted by atomic mass is 16.1. The van der Waals surface area contributed by atoms with E-state index in [2.05, 4.69) is 46.1 Å². The van der Waals surface area contributed by atoms with E-state index in [1.54, 1.807) is 0 Å². The number of carbonyl (C=O) groups excluding carboxylic acids is 1. The van der Waals surface area contributed by atoms with E-state index < -0.39 is 0 Å². The number of aromatic nitrogens is 1. The van der Waals surface area contributed by atoms with E-state index in [4.69, 9.17) is 0 Å². The van der Waals surface area contributed by atoms with Gasteiger partial charge in [0.25, 0.3) is 0 Å². The van der Waals surface area contributed by atoms with Crippen molar-refractivity contribution in [2.75, 3.05) is 0 Å². The van der Waals surface area contributed by atoms with Gasteiger partial charge in [-0.25, -0.2) is 0 Å². The van der Waals surface area contributed by atoms with Crippen LogP contribution in [-0.4, -0.2) is 10.9 Å². The summed E-state index contributed by atoms with van der Waals surface area (Å²) in [6.07, 6.45) is 4.66. The normalized spacial score (nSPS) is 22.4. The van der Waals surface area contributed by atoms with Gasteiger partial charge < -0.3 is 4.57 Å². The minimum atomic E-state index is 0.372. The molecule has 1 aromatic rings. The van der Waals surface area contributed by atoms with Crippen LogP contribution in [0.1, 0.15) is 74.7 Å². The van der Waals surface area contributed by atoms with Crippen LogP contribution in [0.25, 0.3) is 0 Å². The Hall–Kier alpha value is -1.05. The van der Waals surface area contributed by atoms with Crippen molar-refractivity contribution in [3.8, 4) is 0 Å². The van der Waals surface area contributed by atoms with Crippen LogP contribution in [0.4, 0.5) is 0 Å². The maximum atomic E-state index is 11.1. The molecule has 0 radical (unpaired) electrons. The highest BCUT2D eigenvalue weighted by Gasteiger charge is 2.39. The number of hydrogen-bond donors (Lipinski definition) is 0.